The van der Waals surface area contributed by atoms with E-state index in [0.717, 1.165) is 48.9 Å². The molecule has 1 atom stereocenters. The van der Waals surface area contributed by atoms with Crippen LogP contribution in [0.1, 0.15) is 109 Å². The lowest BCUT2D eigenvalue weighted by Gasteiger charge is -2.24. The molecule has 3 heteroatoms. The minimum Gasteiger partial charge on any atom is -0.494 e. The number of ether oxygens (including phenoxy) is 1. The summed E-state index contributed by atoms with van der Waals surface area (Å²) in [5.41, 5.74) is 3.72. The Hall–Kier alpha value is -1.90. The first-order valence-corrected chi connectivity index (χ1v) is 13.4. The van der Waals surface area contributed by atoms with E-state index in [1.165, 1.54) is 88.3 Å². The van der Waals surface area contributed by atoms with E-state index < -0.39 is 0 Å². The van der Waals surface area contributed by atoms with Crippen LogP contribution >= 0.6 is 0 Å². The minimum absolute atomic E-state index is 0.804. The molecule has 0 saturated heterocycles. The van der Waals surface area contributed by atoms with Crippen LogP contribution < -0.4 is 4.74 Å². The van der Waals surface area contributed by atoms with Crippen molar-refractivity contribution >= 4 is 0 Å². The van der Waals surface area contributed by atoms with Crippen molar-refractivity contribution in [2.45, 2.75) is 110 Å². The Bertz CT molecular complexity index is 771. The van der Waals surface area contributed by atoms with E-state index in [1.807, 2.05) is 0 Å². The van der Waals surface area contributed by atoms with E-state index >= 15 is 0 Å². The molecular weight excluding hydrogens is 392 g/mol. The van der Waals surface area contributed by atoms with Crippen LogP contribution in [0.2, 0.25) is 0 Å². The fourth-order valence-corrected chi connectivity index (χ4v) is 4.78. The zero-order chi connectivity index (χ0) is 22.4. The lowest BCUT2D eigenvalue weighted by Crippen LogP contribution is -2.16. The molecule has 3 rings (SSSR count). The molecule has 1 aromatic heterocycles. The average Bonchev–Trinajstić information content (AvgIpc) is 2.83. The number of benzene rings is 1. The maximum atomic E-state index is 5.90. The third kappa shape index (κ3) is 8.22. The van der Waals surface area contributed by atoms with Gasteiger partial charge < -0.3 is 4.74 Å². The Balaban J connectivity index is 1.44. The van der Waals surface area contributed by atoms with Crippen LogP contribution in [0.25, 0.3) is 11.4 Å². The Morgan fingerprint density at radius 2 is 1.53 bits per heavy atom. The summed E-state index contributed by atoms with van der Waals surface area (Å²) in [5.74, 6) is 2.62. The van der Waals surface area contributed by atoms with Crippen molar-refractivity contribution in [1.82, 2.24) is 9.97 Å². The fourth-order valence-electron chi connectivity index (χ4n) is 4.78. The number of rotatable bonds is 15. The van der Waals surface area contributed by atoms with Gasteiger partial charge in [-0.2, -0.15) is 0 Å². The highest BCUT2D eigenvalue weighted by molar-refractivity contribution is 5.56. The van der Waals surface area contributed by atoms with Gasteiger partial charge >= 0.3 is 0 Å². The molecule has 2 aromatic rings. The van der Waals surface area contributed by atoms with Crippen LogP contribution in [0, 0.1) is 5.92 Å². The van der Waals surface area contributed by atoms with Crippen molar-refractivity contribution in [3.05, 3.63) is 41.7 Å². The highest BCUT2D eigenvalue weighted by atomic mass is 16.5. The van der Waals surface area contributed by atoms with Crippen molar-refractivity contribution in [3.8, 4) is 17.1 Å². The molecule has 0 amide bonds. The smallest absolute Gasteiger partial charge is 0.159 e. The van der Waals surface area contributed by atoms with Crippen LogP contribution in [0.15, 0.2) is 30.5 Å². The topological polar surface area (TPSA) is 35.0 Å². The predicted molar refractivity (Wildman–Crippen MR) is 135 cm³/mol. The Labute approximate surface area is 196 Å². The predicted octanol–water partition coefficient (Wildman–Crippen LogP) is 8.35. The molecule has 1 aliphatic carbocycles. The van der Waals surface area contributed by atoms with E-state index in [0.29, 0.717) is 0 Å². The minimum atomic E-state index is 0.804. The van der Waals surface area contributed by atoms with E-state index in [1.54, 1.807) is 0 Å². The molecule has 32 heavy (non-hydrogen) atoms. The van der Waals surface area contributed by atoms with Gasteiger partial charge in [0.25, 0.3) is 0 Å². The largest absolute Gasteiger partial charge is 0.494 e. The molecular formula is C29H44N2O. The standard InChI is InChI=1S/C29H44N2O/c1-3-5-7-9-10-12-14-24-15-20-28-26(22-24)23-30-29(31-28)25-16-18-27(19-17-25)32-21-13-11-8-6-4-2/h16-19,23-24H,3-15,20-22H2,1-2H3. The molecule has 1 aliphatic rings. The van der Waals surface area contributed by atoms with Gasteiger partial charge in [-0.05, 0) is 61.4 Å². The lowest BCUT2D eigenvalue weighted by atomic mass is 9.84. The monoisotopic (exact) mass is 436 g/mol. The Morgan fingerprint density at radius 3 is 2.28 bits per heavy atom. The maximum absolute atomic E-state index is 5.90. The van der Waals surface area contributed by atoms with Crippen LogP contribution in [0.5, 0.6) is 5.75 Å². The summed E-state index contributed by atoms with van der Waals surface area (Å²) in [6, 6.07) is 8.30. The van der Waals surface area contributed by atoms with Crippen molar-refractivity contribution in [2.75, 3.05) is 6.61 Å². The maximum Gasteiger partial charge on any atom is 0.159 e. The SMILES string of the molecule is CCCCCCCCC1CCc2nc(-c3ccc(OCCCCCCC)cc3)ncc2C1. The van der Waals surface area contributed by atoms with Gasteiger partial charge in [0, 0.05) is 17.5 Å². The first-order valence-electron chi connectivity index (χ1n) is 13.4. The summed E-state index contributed by atoms with van der Waals surface area (Å²) in [6.07, 6.45) is 21.7. The van der Waals surface area contributed by atoms with Gasteiger partial charge in [-0.3, -0.25) is 0 Å². The molecule has 0 aliphatic heterocycles. The van der Waals surface area contributed by atoms with Crippen LogP contribution in [-0.2, 0) is 12.8 Å². The van der Waals surface area contributed by atoms with E-state index in [-0.39, 0.29) is 0 Å². The number of unbranched alkanes of at least 4 members (excludes halogenated alkanes) is 9. The number of nitrogens with zero attached hydrogens (tertiary/aromatic N) is 2. The number of aryl methyl sites for hydroxylation is 1. The van der Waals surface area contributed by atoms with Gasteiger partial charge in [0.15, 0.2) is 5.82 Å². The highest BCUT2D eigenvalue weighted by Crippen LogP contribution is 2.29. The van der Waals surface area contributed by atoms with E-state index in [2.05, 4.69) is 44.3 Å². The third-order valence-corrected chi connectivity index (χ3v) is 6.85. The van der Waals surface area contributed by atoms with Gasteiger partial charge in [-0.15, -0.1) is 0 Å². The average molecular weight is 437 g/mol. The second-order valence-corrected chi connectivity index (χ2v) is 9.62. The molecule has 1 aromatic carbocycles. The van der Waals surface area contributed by atoms with Crippen LogP contribution in [0.3, 0.4) is 0 Å². The lowest BCUT2D eigenvalue weighted by molar-refractivity contribution is 0.304. The molecule has 0 fully saturated rings. The summed E-state index contributed by atoms with van der Waals surface area (Å²) in [5, 5.41) is 0. The van der Waals surface area contributed by atoms with Gasteiger partial charge in [-0.1, -0.05) is 84.5 Å². The zero-order valence-corrected chi connectivity index (χ0v) is 20.6. The van der Waals surface area contributed by atoms with Crippen molar-refractivity contribution in [1.29, 1.82) is 0 Å². The van der Waals surface area contributed by atoms with Crippen molar-refractivity contribution in [3.63, 3.8) is 0 Å². The number of fused-ring (bicyclic) bond motifs is 1. The van der Waals surface area contributed by atoms with E-state index in [4.69, 9.17) is 14.7 Å². The number of hydrogen-bond donors (Lipinski definition) is 0. The number of aromatic nitrogens is 2. The molecule has 0 radical (unpaired) electrons. The van der Waals surface area contributed by atoms with Crippen molar-refractivity contribution < 1.29 is 4.74 Å². The summed E-state index contributed by atoms with van der Waals surface area (Å²) in [7, 11) is 0. The van der Waals surface area contributed by atoms with Gasteiger partial charge in [0.05, 0.1) is 6.61 Å². The molecule has 0 spiro atoms. The van der Waals surface area contributed by atoms with Crippen LogP contribution in [0.4, 0.5) is 0 Å². The fraction of sp³-hybridized carbons (Fsp3) is 0.655. The Morgan fingerprint density at radius 1 is 0.844 bits per heavy atom. The van der Waals surface area contributed by atoms with Crippen LogP contribution in [-0.4, -0.2) is 16.6 Å². The van der Waals surface area contributed by atoms with Crippen molar-refractivity contribution in [2.24, 2.45) is 5.92 Å². The van der Waals surface area contributed by atoms with Gasteiger partial charge in [0.1, 0.15) is 5.75 Å². The molecule has 3 nitrogen and oxygen atoms in total. The molecule has 0 N–H and O–H groups in total. The summed E-state index contributed by atoms with van der Waals surface area (Å²) >= 11 is 0. The molecule has 0 saturated carbocycles. The second-order valence-electron chi connectivity index (χ2n) is 9.62. The quantitative estimate of drug-likeness (QED) is 0.263. The van der Waals surface area contributed by atoms with Gasteiger partial charge in [-0.25, -0.2) is 9.97 Å². The second kappa shape index (κ2) is 14.3. The molecule has 1 unspecified atom stereocenters. The zero-order valence-electron chi connectivity index (χ0n) is 20.6. The normalized spacial score (nSPS) is 15.5. The third-order valence-electron chi connectivity index (χ3n) is 6.85. The first kappa shape index (κ1) is 24.7. The Kier molecular flexibility index (Phi) is 11.0. The number of hydrogen-bond acceptors (Lipinski definition) is 3. The van der Waals surface area contributed by atoms with Gasteiger partial charge in [0.2, 0.25) is 0 Å². The molecule has 1 heterocycles. The highest BCUT2D eigenvalue weighted by Gasteiger charge is 2.20. The van der Waals surface area contributed by atoms with E-state index in [9.17, 15) is 0 Å². The summed E-state index contributed by atoms with van der Waals surface area (Å²) in [4.78, 5) is 9.64. The summed E-state index contributed by atoms with van der Waals surface area (Å²) < 4.78 is 5.90. The summed E-state index contributed by atoms with van der Waals surface area (Å²) in [6.45, 7) is 5.34. The molecule has 176 valence electrons. The first-order chi connectivity index (χ1) is 15.8. The molecule has 0 bridgehead atoms.